The van der Waals surface area contributed by atoms with Gasteiger partial charge in [0.2, 0.25) is 5.91 Å². The molecule has 1 amide bonds. The molecule has 0 radical (unpaired) electrons. The molecule has 0 aliphatic rings. The number of rotatable bonds is 7. The van der Waals surface area contributed by atoms with E-state index in [4.69, 9.17) is 5.26 Å². The van der Waals surface area contributed by atoms with E-state index in [-0.39, 0.29) is 18.0 Å². The van der Waals surface area contributed by atoms with Crippen LogP contribution in [0.1, 0.15) is 23.2 Å². The van der Waals surface area contributed by atoms with Crippen molar-refractivity contribution in [3.05, 3.63) is 57.5 Å². The molecule has 0 fully saturated rings. The standard InChI is InChI=1S/C19H23N5O2/c1-14-15(2)22-24(19(26)17(14)12-20)13-18(25)21-10-7-11-23(3)16-8-5-4-6-9-16/h4-6,8-9H,7,10-11,13H2,1-3H3,(H,21,25). The van der Waals surface area contributed by atoms with E-state index >= 15 is 0 Å². The van der Waals surface area contributed by atoms with Crippen LogP contribution in [0.2, 0.25) is 0 Å². The molecule has 136 valence electrons. The van der Waals surface area contributed by atoms with E-state index in [2.05, 4.69) is 15.3 Å². The number of aromatic nitrogens is 2. The Labute approximate surface area is 152 Å². The van der Waals surface area contributed by atoms with E-state index in [1.54, 1.807) is 13.8 Å². The number of carbonyl (C=O) groups is 1. The molecule has 0 aliphatic carbocycles. The Morgan fingerprint density at radius 2 is 2.00 bits per heavy atom. The molecule has 0 bridgehead atoms. The summed E-state index contributed by atoms with van der Waals surface area (Å²) in [4.78, 5) is 26.4. The third-order valence-electron chi connectivity index (χ3n) is 4.23. The van der Waals surface area contributed by atoms with Crippen LogP contribution >= 0.6 is 0 Å². The highest BCUT2D eigenvalue weighted by atomic mass is 16.2. The lowest BCUT2D eigenvalue weighted by Crippen LogP contribution is -2.36. The fourth-order valence-corrected chi connectivity index (χ4v) is 2.56. The topological polar surface area (TPSA) is 91.0 Å². The highest BCUT2D eigenvalue weighted by Gasteiger charge is 2.13. The number of benzene rings is 1. The summed E-state index contributed by atoms with van der Waals surface area (Å²) >= 11 is 0. The Kier molecular flexibility index (Phi) is 6.50. The summed E-state index contributed by atoms with van der Waals surface area (Å²) in [5.74, 6) is -0.297. The van der Waals surface area contributed by atoms with Gasteiger partial charge in [-0.3, -0.25) is 9.59 Å². The fourth-order valence-electron chi connectivity index (χ4n) is 2.56. The Morgan fingerprint density at radius 3 is 2.65 bits per heavy atom. The smallest absolute Gasteiger partial charge is 0.285 e. The second kappa shape index (κ2) is 8.81. The fraction of sp³-hybridized carbons (Fsp3) is 0.368. The maximum absolute atomic E-state index is 12.2. The molecule has 0 saturated carbocycles. The van der Waals surface area contributed by atoms with Crippen LogP contribution in [-0.4, -0.2) is 35.8 Å². The molecule has 0 aliphatic heterocycles. The SMILES string of the molecule is Cc1nn(CC(=O)NCCCN(C)c2ccccc2)c(=O)c(C#N)c1C. The van der Waals surface area contributed by atoms with Crippen molar-refractivity contribution < 1.29 is 4.79 Å². The van der Waals surface area contributed by atoms with E-state index < -0.39 is 5.56 Å². The molecule has 1 aromatic carbocycles. The van der Waals surface area contributed by atoms with Crippen LogP contribution in [0.25, 0.3) is 0 Å². The van der Waals surface area contributed by atoms with Crippen molar-refractivity contribution in [3.8, 4) is 6.07 Å². The number of nitrogens with zero attached hydrogens (tertiary/aromatic N) is 4. The zero-order valence-corrected chi connectivity index (χ0v) is 15.3. The second-order valence-electron chi connectivity index (χ2n) is 6.12. The number of hydrogen-bond acceptors (Lipinski definition) is 5. The van der Waals surface area contributed by atoms with Gasteiger partial charge in [0.05, 0.1) is 5.69 Å². The summed E-state index contributed by atoms with van der Waals surface area (Å²) in [6.45, 7) is 4.49. The largest absolute Gasteiger partial charge is 0.375 e. The van der Waals surface area contributed by atoms with Gasteiger partial charge in [0, 0.05) is 25.8 Å². The van der Waals surface area contributed by atoms with E-state index in [0.717, 1.165) is 23.3 Å². The minimum Gasteiger partial charge on any atom is -0.375 e. The van der Waals surface area contributed by atoms with Crippen LogP contribution in [0.15, 0.2) is 35.1 Å². The summed E-state index contributed by atoms with van der Waals surface area (Å²) < 4.78 is 1.05. The Balaban J connectivity index is 1.86. The predicted octanol–water partition coefficient (Wildman–Crippen LogP) is 1.37. The van der Waals surface area contributed by atoms with Crippen molar-refractivity contribution in [2.24, 2.45) is 0 Å². The first-order chi connectivity index (χ1) is 12.4. The van der Waals surface area contributed by atoms with Crippen molar-refractivity contribution in [3.63, 3.8) is 0 Å². The quantitative estimate of drug-likeness (QED) is 0.759. The van der Waals surface area contributed by atoms with Gasteiger partial charge in [-0.15, -0.1) is 0 Å². The Bertz CT molecular complexity index is 868. The summed E-state index contributed by atoms with van der Waals surface area (Å²) in [5, 5.41) is 16.0. The van der Waals surface area contributed by atoms with Gasteiger partial charge in [-0.05, 0) is 38.0 Å². The molecule has 1 N–H and O–H groups in total. The molecule has 1 aromatic heterocycles. The molecule has 0 saturated heterocycles. The molecule has 1 heterocycles. The number of anilines is 1. The van der Waals surface area contributed by atoms with Crippen molar-refractivity contribution in [2.75, 3.05) is 25.0 Å². The zero-order valence-electron chi connectivity index (χ0n) is 15.3. The molecule has 26 heavy (non-hydrogen) atoms. The van der Waals surface area contributed by atoms with Crippen LogP contribution in [0, 0.1) is 25.2 Å². The molecule has 0 spiro atoms. The number of nitriles is 1. The maximum atomic E-state index is 12.2. The number of nitrogens with one attached hydrogen (secondary N) is 1. The van der Waals surface area contributed by atoms with Gasteiger partial charge < -0.3 is 10.2 Å². The first-order valence-electron chi connectivity index (χ1n) is 8.45. The molecule has 7 heteroatoms. The van der Waals surface area contributed by atoms with Gasteiger partial charge in [-0.1, -0.05) is 18.2 Å². The number of amides is 1. The van der Waals surface area contributed by atoms with Gasteiger partial charge in [-0.2, -0.15) is 10.4 Å². The molecule has 2 rings (SSSR count). The van der Waals surface area contributed by atoms with Crippen molar-refractivity contribution in [1.82, 2.24) is 15.1 Å². The molecule has 0 atom stereocenters. The highest BCUT2D eigenvalue weighted by molar-refractivity contribution is 5.75. The van der Waals surface area contributed by atoms with Crippen LogP contribution in [0.3, 0.4) is 0 Å². The maximum Gasteiger partial charge on any atom is 0.285 e. The molecular weight excluding hydrogens is 330 g/mol. The minimum atomic E-state index is -0.533. The molecule has 2 aromatic rings. The van der Waals surface area contributed by atoms with Crippen molar-refractivity contribution >= 4 is 11.6 Å². The highest BCUT2D eigenvalue weighted by Crippen LogP contribution is 2.10. The molecule has 0 unspecified atom stereocenters. The van der Waals surface area contributed by atoms with Gasteiger partial charge in [0.15, 0.2) is 0 Å². The Hall–Kier alpha value is -3.14. The third-order valence-corrected chi connectivity index (χ3v) is 4.23. The first kappa shape index (κ1) is 19.2. The van der Waals surface area contributed by atoms with Crippen LogP contribution in [-0.2, 0) is 11.3 Å². The summed E-state index contributed by atoms with van der Waals surface area (Å²) in [5.41, 5.74) is 1.75. The average Bonchev–Trinajstić information content (AvgIpc) is 2.64. The molecule has 7 nitrogen and oxygen atoms in total. The number of para-hydroxylation sites is 1. The molecular formula is C19H23N5O2. The van der Waals surface area contributed by atoms with Crippen molar-refractivity contribution in [2.45, 2.75) is 26.8 Å². The third kappa shape index (κ3) is 4.70. The van der Waals surface area contributed by atoms with E-state index in [9.17, 15) is 9.59 Å². The van der Waals surface area contributed by atoms with Crippen LogP contribution in [0.4, 0.5) is 5.69 Å². The van der Waals surface area contributed by atoms with Crippen LogP contribution in [0.5, 0.6) is 0 Å². The van der Waals surface area contributed by atoms with E-state index in [1.807, 2.05) is 43.4 Å². The monoisotopic (exact) mass is 353 g/mol. The van der Waals surface area contributed by atoms with Crippen molar-refractivity contribution in [1.29, 1.82) is 5.26 Å². The van der Waals surface area contributed by atoms with Gasteiger partial charge in [0.1, 0.15) is 18.2 Å². The predicted molar refractivity (Wildman–Crippen MR) is 100 cm³/mol. The number of aryl methyl sites for hydroxylation is 1. The average molecular weight is 353 g/mol. The summed E-state index contributed by atoms with van der Waals surface area (Å²) in [7, 11) is 2.00. The number of hydrogen-bond donors (Lipinski definition) is 1. The lowest BCUT2D eigenvalue weighted by atomic mass is 10.1. The van der Waals surface area contributed by atoms with Crippen LogP contribution < -0.4 is 15.8 Å². The van der Waals surface area contributed by atoms with Gasteiger partial charge in [-0.25, -0.2) is 4.68 Å². The minimum absolute atomic E-state index is 0.0368. The summed E-state index contributed by atoms with van der Waals surface area (Å²) in [6.07, 6.45) is 0.774. The lowest BCUT2D eigenvalue weighted by Gasteiger charge is -2.19. The first-order valence-corrected chi connectivity index (χ1v) is 8.45. The van der Waals surface area contributed by atoms with Gasteiger partial charge >= 0.3 is 0 Å². The van der Waals surface area contributed by atoms with Gasteiger partial charge in [0.25, 0.3) is 5.56 Å². The second-order valence-corrected chi connectivity index (χ2v) is 6.12. The Morgan fingerprint density at radius 1 is 1.31 bits per heavy atom. The number of carbonyl (C=O) groups excluding carboxylic acids is 1. The summed E-state index contributed by atoms with van der Waals surface area (Å²) in [6, 6.07) is 11.9. The zero-order chi connectivity index (χ0) is 19.1. The van der Waals surface area contributed by atoms with E-state index in [1.165, 1.54) is 0 Å². The van der Waals surface area contributed by atoms with E-state index in [0.29, 0.717) is 17.8 Å². The normalized spacial score (nSPS) is 10.2. The lowest BCUT2D eigenvalue weighted by molar-refractivity contribution is -0.121.